The normalized spacial score (nSPS) is 22.8. The number of likely N-dealkylation sites (tertiary alicyclic amines) is 1. The number of hydrogen-bond acceptors (Lipinski definition) is 5. The lowest BCUT2D eigenvalue weighted by Crippen LogP contribution is -2.34. The van der Waals surface area contributed by atoms with Crippen molar-refractivity contribution in [3.63, 3.8) is 0 Å². The van der Waals surface area contributed by atoms with E-state index in [-0.39, 0.29) is 12.6 Å². The van der Waals surface area contributed by atoms with Gasteiger partial charge in [-0.15, -0.1) is 10.2 Å². The third kappa shape index (κ3) is 3.17. The Bertz CT molecular complexity index is 599. The van der Waals surface area contributed by atoms with E-state index in [0.717, 1.165) is 23.0 Å². The molecule has 2 unspecified atom stereocenters. The summed E-state index contributed by atoms with van der Waals surface area (Å²) >= 11 is 3.40. The van der Waals surface area contributed by atoms with Gasteiger partial charge in [0.05, 0.1) is 13.2 Å². The fourth-order valence-electron chi connectivity index (χ4n) is 2.78. The van der Waals surface area contributed by atoms with Crippen LogP contribution in [0.5, 0.6) is 0 Å². The summed E-state index contributed by atoms with van der Waals surface area (Å²) in [6.07, 6.45) is 1.10. The molecule has 0 spiro atoms. The third-order valence-corrected chi connectivity index (χ3v) is 4.61. The maximum absolute atomic E-state index is 9.48. The van der Waals surface area contributed by atoms with Gasteiger partial charge in [0.1, 0.15) is 0 Å². The summed E-state index contributed by atoms with van der Waals surface area (Å²) in [5.41, 5.74) is 0.908. The standard InChI is InChI=1S/C15H18BrN3O2/c1-10-6-7-19(13(10)9-20)8-14-17-18-15(21-14)11-2-4-12(16)5-3-11/h2-5,10,13,20H,6-9H2,1H3. The summed E-state index contributed by atoms with van der Waals surface area (Å²) in [6.45, 7) is 3.90. The smallest absolute Gasteiger partial charge is 0.247 e. The summed E-state index contributed by atoms with van der Waals surface area (Å²) in [7, 11) is 0. The van der Waals surface area contributed by atoms with Crippen LogP contribution in [0.25, 0.3) is 11.5 Å². The predicted molar refractivity (Wildman–Crippen MR) is 82.5 cm³/mol. The van der Waals surface area contributed by atoms with E-state index in [1.807, 2.05) is 24.3 Å². The van der Waals surface area contributed by atoms with E-state index in [4.69, 9.17) is 4.42 Å². The minimum atomic E-state index is 0.175. The molecule has 1 aromatic carbocycles. The largest absolute Gasteiger partial charge is 0.419 e. The molecule has 1 aliphatic rings. The molecule has 2 heterocycles. The second kappa shape index (κ2) is 6.25. The quantitative estimate of drug-likeness (QED) is 0.917. The molecule has 0 bridgehead atoms. The molecule has 1 N–H and O–H groups in total. The molecule has 2 atom stereocenters. The number of hydrogen-bond donors (Lipinski definition) is 1. The van der Waals surface area contributed by atoms with Crippen molar-refractivity contribution >= 4 is 15.9 Å². The van der Waals surface area contributed by atoms with E-state index in [9.17, 15) is 5.11 Å². The molecule has 0 radical (unpaired) electrons. The first-order valence-electron chi connectivity index (χ1n) is 7.10. The molecule has 1 saturated heterocycles. The van der Waals surface area contributed by atoms with Gasteiger partial charge < -0.3 is 9.52 Å². The minimum absolute atomic E-state index is 0.175. The van der Waals surface area contributed by atoms with Crippen molar-refractivity contribution in [3.05, 3.63) is 34.6 Å². The molecule has 0 saturated carbocycles. The Labute approximate surface area is 132 Å². The van der Waals surface area contributed by atoms with Crippen molar-refractivity contribution < 1.29 is 9.52 Å². The number of aliphatic hydroxyl groups is 1. The van der Waals surface area contributed by atoms with Gasteiger partial charge in [-0.1, -0.05) is 22.9 Å². The van der Waals surface area contributed by atoms with E-state index in [0.29, 0.717) is 24.2 Å². The van der Waals surface area contributed by atoms with Crippen LogP contribution in [0.15, 0.2) is 33.2 Å². The van der Waals surface area contributed by atoms with E-state index in [1.54, 1.807) is 0 Å². The summed E-state index contributed by atoms with van der Waals surface area (Å²) in [5, 5.41) is 17.7. The van der Waals surface area contributed by atoms with Crippen molar-refractivity contribution in [2.24, 2.45) is 5.92 Å². The fourth-order valence-corrected chi connectivity index (χ4v) is 3.04. The summed E-state index contributed by atoms with van der Waals surface area (Å²) in [5.74, 6) is 1.63. The Morgan fingerprint density at radius 3 is 2.81 bits per heavy atom. The first-order valence-corrected chi connectivity index (χ1v) is 7.90. The van der Waals surface area contributed by atoms with Crippen molar-refractivity contribution in [3.8, 4) is 11.5 Å². The van der Waals surface area contributed by atoms with Crippen LogP contribution in [-0.4, -0.2) is 39.4 Å². The van der Waals surface area contributed by atoms with Gasteiger partial charge in [-0.3, -0.25) is 4.90 Å². The van der Waals surface area contributed by atoms with Gasteiger partial charge >= 0.3 is 0 Å². The van der Waals surface area contributed by atoms with Crippen molar-refractivity contribution in [1.29, 1.82) is 0 Å². The van der Waals surface area contributed by atoms with Gasteiger partial charge in [0.25, 0.3) is 0 Å². The number of rotatable bonds is 4. The molecule has 3 rings (SSSR count). The van der Waals surface area contributed by atoms with Crippen LogP contribution >= 0.6 is 15.9 Å². The number of nitrogens with zero attached hydrogens (tertiary/aromatic N) is 3. The highest BCUT2D eigenvalue weighted by Crippen LogP contribution is 2.26. The van der Waals surface area contributed by atoms with Crippen LogP contribution in [0.3, 0.4) is 0 Å². The van der Waals surface area contributed by atoms with Crippen LogP contribution in [0.1, 0.15) is 19.2 Å². The Morgan fingerprint density at radius 2 is 2.10 bits per heavy atom. The minimum Gasteiger partial charge on any atom is -0.419 e. The maximum atomic E-state index is 9.48. The zero-order chi connectivity index (χ0) is 14.8. The first-order chi connectivity index (χ1) is 10.2. The van der Waals surface area contributed by atoms with E-state index in [2.05, 4.69) is 38.0 Å². The zero-order valence-corrected chi connectivity index (χ0v) is 13.5. The Morgan fingerprint density at radius 1 is 1.33 bits per heavy atom. The molecule has 112 valence electrons. The molecule has 0 aliphatic carbocycles. The van der Waals surface area contributed by atoms with Gasteiger partial charge in [-0.2, -0.15) is 0 Å². The lowest BCUT2D eigenvalue weighted by atomic mass is 10.0. The van der Waals surface area contributed by atoms with Gasteiger partial charge in [0.15, 0.2) is 0 Å². The molecule has 0 amide bonds. The number of aliphatic hydroxyl groups excluding tert-OH is 1. The molecular weight excluding hydrogens is 334 g/mol. The van der Waals surface area contributed by atoms with Crippen LogP contribution in [0.4, 0.5) is 0 Å². The molecule has 6 heteroatoms. The van der Waals surface area contributed by atoms with Crippen LogP contribution in [0.2, 0.25) is 0 Å². The van der Waals surface area contributed by atoms with Gasteiger partial charge in [-0.05, 0) is 43.1 Å². The molecule has 2 aromatic rings. The Balaban J connectivity index is 1.72. The first kappa shape index (κ1) is 14.7. The molecule has 21 heavy (non-hydrogen) atoms. The maximum Gasteiger partial charge on any atom is 0.247 e. The topological polar surface area (TPSA) is 62.4 Å². The average Bonchev–Trinajstić information content (AvgIpc) is 3.07. The third-order valence-electron chi connectivity index (χ3n) is 4.08. The predicted octanol–water partition coefficient (Wildman–Crippen LogP) is 2.70. The Hall–Kier alpha value is -1.24. The number of halogens is 1. The lowest BCUT2D eigenvalue weighted by molar-refractivity contribution is 0.126. The van der Waals surface area contributed by atoms with Crippen LogP contribution in [0, 0.1) is 5.92 Å². The molecule has 1 fully saturated rings. The SMILES string of the molecule is CC1CCN(Cc2nnc(-c3ccc(Br)cc3)o2)C1CO. The zero-order valence-electron chi connectivity index (χ0n) is 11.9. The number of benzene rings is 1. The molecular formula is C15H18BrN3O2. The summed E-state index contributed by atoms with van der Waals surface area (Å²) in [4.78, 5) is 2.21. The summed E-state index contributed by atoms with van der Waals surface area (Å²) < 4.78 is 6.76. The molecule has 1 aliphatic heterocycles. The second-order valence-electron chi connectivity index (χ2n) is 5.49. The van der Waals surface area contributed by atoms with E-state index in [1.165, 1.54) is 0 Å². The van der Waals surface area contributed by atoms with Crippen molar-refractivity contribution in [2.45, 2.75) is 25.9 Å². The van der Waals surface area contributed by atoms with Crippen molar-refractivity contribution in [1.82, 2.24) is 15.1 Å². The lowest BCUT2D eigenvalue weighted by Gasteiger charge is -2.23. The monoisotopic (exact) mass is 351 g/mol. The van der Waals surface area contributed by atoms with Gasteiger partial charge in [0.2, 0.25) is 11.8 Å². The number of aromatic nitrogens is 2. The molecule has 5 nitrogen and oxygen atoms in total. The second-order valence-corrected chi connectivity index (χ2v) is 6.41. The average molecular weight is 352 g/mol. The summed E-state index contributed by atoms with van der Waals surface area (Å²) in [6, 6.07) is 7.96. The fraction of sp³-hybridized carbons (Fsp3) is 0.467. The highest BCUT2D eigenvalue weighted by molar-refractivity contribution is 9.10. The van der Waals surface area contributed by atoms with Crippen molar-refractivity contribution in [2.75, 3.05) is 13.2 Å². The highest BCUT2D eigenvalue weighted by Gasteiger charge is 2.31. The van der Waals surface area contributed by atoms with E-state index >= 15 is 0 Å². The van der Waals surface area contributed by atoms with E-state index < -0.39 is 0 Å². The van der Waals surface area contributed by atoms with Crippen LogP contribution < -0.4 is 0 Å². The van der Waals surface area contributed by atoms with Gasteiger partial charge in [-0.25, -0.2) is 0 Å². The van der Waals surface area contributed by atoms with Gasteiger partial charge in [0, 0.05) is 16.1 Å². The van der Waals surface area contributed by atoms with Crippen LogP contribution in [-0.2, 0) is 6.54 Å². The highest BCUT2D eigenvalue weighted by atomic mass is 79.9. The Kier molecular flexibility index (Phi) is 4.37. The molecule has 1 aromatic heterocycles.